The Morgan fingerprint density at radius 3 is 2.51 bits per heavy atom. The Balaban J connectivity index is 1.66. The van der Waals surface area contributed by atoms with Crippen LogP contribution in [0.25, 0.3) is 5.57 Å². The molecule has 0 N–H and O–H groups in total. The number of carbonyl (C=O) groups is 1. The lowest BCUT2D eigenvalue weighted by Gasteiger charge is -2.28. The van der Waals surface area contributed by atoms with Crippen LogP contribution in [0.3, 0.4) is 0 Å². The van der Waals surface area contributed by atoms with Crippen molar-refractivity contribution in [1.82, 2.24) is 4.90 Å². The number of nitrogens with zero attached hydrogens (tertiary/aromatic N) is 2. The summed E-state index contributed by atoms with van der Waals surface area (Å²) >= 11 is 3.46. The molecule has 37 heavy (non-hydrogen) atoms. The van der Waals surface area contributed by atoms with Gasteiger partial charge in [-0.25, -0.2) is 0 Å². The van der Waals surface area contributed by atoms with Crippen molar-refractivity contribution in [2.45, 2.75) is 51.5 Å². The second kappa shape index (κ2) is 12.0. The number of anilines is 1. The van der Waals surface area contributed by atoms with Crippen molar-refractivity contribution < 1.29 is 19.0 Å². The van der Waals surface area contributed by atoms with Gasteiger partial charge in [0.15, 0.2) is 11.5 Å². The van der Waals surface area contributed by atoms with E-state index < -0.39 is 8.07 Å². The van der Waals surface area contributed by atoms with E-state index in [0.717, 1.165) is 42.1 Å². The molecule has 0 radical (unpaired) electrons. The molecule has 0 fully saturated rings. The Morgan fingerprint density at radius 2 is 1.84 bits per heavy atom. The number of aryl methyl sites for hydroxylation is 1. The molecule has 0 unspecified atom stereocenters. The molecule has 0 aliphatic carbocycles. The molecular weight excluding hydrogens is 548 g/mol. The van der Waals surface area contributed by atoms with E-state index in [1.54, 1.807) is 7.11 Å². The van der Waals surface area contributed by atoms with E-state index in [2.05, 4.69) is 71.7 Å². The number of alkyl halides is 1. The van der Waals surface area contributed by atoms with Crippen molar-refractivity contribution in [1.29, 1.82) is 0 Å². The fourth-order valence-electron chi connectivity index (χ4n) is 4.67. The zero-order valence-corrected chi connectivity index (χ0v) is 25.3. The molecule has 0 spiro atoms. The lowest BCUT2D eigenvalue weighted by Crippen LogP contribution is -2.39. The van der Waals surface area contributed by atoms with Crippen molar-refractivity contribution >= 4 is 41.2 Å². The second-order valence-corrected chi connectivity index (χ2v) is 17.5. The number of methoxy groups -OCH3 is 1. The van der Waals surface area contributed by atoms with Gasteiger partial charge in [0.1, 0.15) is 6.73 Å². The molecule has 0 bridgehead atoms. The molecular formula is C29H39BrN2O4Si. The van der Waals surface area contributed by atoms with Gasteiger partial charge in [-0.15, -0.1) is 0 Å². The van der Waals surface area contributed by atoms with Crippen LogP contribution in [0, 0.1) is 6.92 Å². The fourth-order valence-corrected chi connectivity index (χ4v) is 5.66. The zero-order valence-electron chi connectivity index (χ0n) is 22.7. The number of rotatable bonds is 11. The van der Waals surface area contributed by atoms with Gasteiger partial charge < -0.3 is 24.0 Å². The van der Waals surface area contributed by atoms with Crippen LogP contribution in [0.4, 0.5) is 5.69 Å². The summed E-state index contributed by atoms with van der Waals surface area (Å²) in [5.74, 6) is 1.21. The highest BCUT2D eigenvalue weighted by atomic mass is 79.9. The molecule has 2 aliphatic rings. The van der Waals surface area contributed by atoms with Crippen LogP contribution >= 0.6 is 15.9 Å². The van der Waals surface area contributed by atoms with Crippen LogP contribution < -0.4 is 14.4 Å². The zero-order chi connectivity index (χ0) is 26.6. The third-order valence-corrected chi connectivity index (χ3v) is 9.13. The highest BCUT2D eigenvalue weighted by Gasteiger charge is 2.37. The van der Waals surface area contributed by atoms with E-state index in [-0.39, 0.29) is 11.9 Å². The topological polar surface area (TPSA) is 51.2 Å². The first-order chi connectivity index (χ1) is 17.7. The van der Waals surface area contributed by atoms with E-state index in [1.165, 1.54) is 11.1 Å². The Hall–Kier alpha value is -2.29. The molecule has 2 heterocycles. The fraction of sp³-hybridized carbons (Fsp3) is 0.483. The molecule has 2 aromatic carbocycles. The van der Waals surface area contributed by atoms with Crippen molar-refractivity contribution in [2.75, 3.05) is 43.8 Å². The minimum absolute atomic E-state index is 0.0166. The molecule has 1 atom stereocenters. The molecule has 4 rings (SSSR count). The number of fused-ring (bicyclic) bond motifs is 2. The van der Waals surface area contributed by atoms with E-state index in [0.29, 0.717) is 36.9 Å². The average molecular weight is 588 g/mol. The van der Waals surface area contributed by atoms with E-state index in [4.69, 9.17) is 14.2 Å². The summed E-state index contributed by atoms with van der Waals surface area (Å²) in [4.78, 5) is 18.0. The largest absolute Gasteiger partial charge is 0.493 e. The summed E-state index contributed by atoms with van der Waals surface area (Å²) in [6.07, 6.45) is 3.72. The summed E-state index contributed by atoms with van der Waals surface area (Å²) in [6.45, 7) is 11.6. The molecule has 6 nitrogen and oxygen atoms in total. The number of ether oxygens (including phenoxy) is 3. The summed E-state index contributed by atoms with van der Waals surface area (Å²) in [5.41, 5.74) is 5.03. The van der Waals surface area contributed by atoms with Gasteiger partial charge in [0, 0.05) is 38.8 Å². The number of halogens is 1. The van der Waals surface area contributed by atoms with Crippen molar-refractivity contribution in [3.8, 4) is 11.5 Å². The Kier molecular flexibility index (Phi) is 9.03. The normalized spacial score (nSPS) is 17.3. The highest BCUT2D eigenvalue weighted by Crippen LogP contribution is 2.41. The molecule has 2 aliphatic heterocycles. The first kappa shape index (κ1) is 27.7. The number of benzene rings is 2. The van der Waals surface area contributed by atoms with E-state index >= 15 is 0 Å². The maximum Gasteiger partial charge on any atom is 0.260 e. The molecule has 2 aromatic rings. The molecule has 1 amide bonds. The minimum Gasteiger partial charge on any atom is -0.493 e. The summed E-state index contributed by atoms with van der Waals surface area (Å²) < 4.78 is 17.9. The second-order valence-electron chi connectivity index (χ2n) is 11.1. The van der Waals surface area contributed by atoms with E-state index in [1.807, 2.05) is 23.2 Å². The van der Waals surface area contributed by atoms with Gasteiger partial charge in [0.05, 0.1) is 31.0 Å². The first-order valence-corrected chi connectivity index (χ1v) is 17.9. The maximum absolute atomic E-state index is 13.9. The predicted molar refractivity (Wildman–Crippen MR) is 157 cm³/mol. The number of hydrogen-bond donors (Lipinski definition) is 0. The maximum atomic E-state index is 13.9. The van der Waals surface area contributed by atoms with Crippen LogP contribution in [0.1, 0.15) is 34.3 Å². The number of amides is 1. The summed E-state index contributed by atoms with van der Waals surface area (Å²) in [6, 6.07) is 13.4. The van der Waals surface area contributed by atoms with Crippen molar-refractivity contribution in [3.63, 3.8) is 0 Å². The van der Waals surface area contributed by atoms with E-state index in [9.17, 15) is 4.79 Å². The monoisotopic (exact) mass is 586 g/mol. The summed E-state index contributed by atoms with van der Waals surface area (Å²) in [7, 11) is 0.413. The summed E-state index contributed by atoms with van der Waals surface area (Å²) in [5, 5.41) is 0.863. The van der Waals surface area contributed by atoms with Crippen LogP contribution in [0.5, 0.6) is 11.5 Å². The third-order valence-electron chi connectivity index (χ3n) is 6.86. The van der Waals surface area contributed by atoms with Gasteiger partial charge in [0.25, 0.3) is 5.91 Å². The lowest BCUT2D eigenvalue weighted by molar-refractivity contribution is 0.0791. The molecule has 0 saturated carbocycles. The third kappa shape index (κ3) is 6.78. The number of hydrogen-bond acceptors (Lipinski definition) is 5. The van der Waals surface area contributed by atoms with Gasteiger partial charge in [-0.05, 0) is 43.0 Å². The van der Waals surface area contributed by atoms with Gasteiger partial charge in [-0.1, -0.05) is 65.4 Å². The molecule has 0 aromatic heterocycles. The van der Waals surface area contributed by atoms with Crippen molar-refractivity contribution in [2.24, 2.45) is 0 Å². The smallest absolute Gasteiger partial charge is 0.260 e. The van der Waals surface area contributed by atoms with Gasteiger partial charge in [-0.2, -0.15) is 0 Å². The van der Waals surface area contributed by atoms with Gasteiger partial charge in [-0.3, -0.25) is 4.79 Å². The standard InChI is InChI=1S/C29H39BrN2O4Si/c1-21-7-9-22(10-8-21)23-15-24-19-31(20-35-13-14-37(3,4)5)26-17-28(36-12-6-11-30)27(34-2)16-25(26)29(33)32(24)18-23/h7-10,16-18,24H,6,11-15,19-20H2,1-5H3/t24-/m0/s1. The van der Waals surface area contributed by atoms with Crippen LogP contribution in [0.2, 0.25) is 25.7 Å². The lowest BCUT2D eigenvalue weighted by atomic mass is 10.0. The van der Waals surface area contributed by atoms with Crippen LogP contribution in [-0.2, 0) is 4.74 Å². The molecule has 8 heteroatoms. The van der Waals surface area contributed by atoms with Gasteiger partial charge in [0.2, 0.25) is 0 Å². The Bertz CT molecular complexity index is 1130. The minimum atomic E-state index is -1.20. The average Bonchev–Trinajstić information content (AvgIpc) is 3.25. The molecule has 200 valence electrons. The SMILES string of the molecule is COc1cc2c(cc1OCCCBr)N(COCC[Si](C)(C)C)C[C@@H]1CC(c3ccc(C)cc3)=CN1C2=O. The van der Waals surface area contributed by atoms with Gasteiger partial charge >= 0.3 is 0 Å². The highest BCUT2D eigenvalue weighted by molar-refractivity contribution is 9.09. The predicted octanol–water partition coefficient (Wildman–Crippen LogP) is 6.56. The van der Waals surface area contributed by atoms with Crippen LogP contribution in [-0.4, -0.2) is 63.9 Å². The first-order valence-electron chi connectivity index (χ1n) is 13.0. The van der Waals surface area contributed by atoms with Crippen molar-refractivity contribution in [3.05, 3.63) is 59.3 Å². The van der Waals surface area contributed by atoms with Crippen LogP contribution in [0.15, 0.2) is 42.6 Å². The Labute approximate surface area is 230 Å². The number of carbonyl (C=O) groups excluding carboxylic acids is 1. The molecule has 0 saturated heterocycles. The Morgan fingerprint density at radius 1 is 1.08 bits per heavy atom. The quantitative estimate of drug-likeness (QED) is 0.170.